The first kappa shape index (κ1) is 15.1. The smallest absolute Gasteiger partial charge is 0.316 e. The van der Waals surface area contributed by atoms with Gasteiger partial charge in [0.05, 0.1) is 13.7 Å². The van der Waals surface area contributed by atoms with Gasteiger partial charge in [-0.1, -0.05) is 30.3 Å². The van der Waals surface area contributed by atoms with Gasteiger partial charge in [0.2, 0.25) is 0 Å². The van der Waals surface area contributed by atoms with E-state index in [0.29, 0.717) is 12.8 Å². The van der Waals surface area contributed by atoms with Gasteiger partial charge in [0.25, 0.3) is 0 Å². The molecule has 7 atom stereocenters. The van der Waals surface area contributed by atoms with Crippen LogP contribution in [0.15, 0.2) is 30.3 Å². The van der Waals surface area contributed by atoms with E-state index < -0.39 is 11.9 Å². The number of benzene rings is 1. The topological polar surface area (TPSA) is 82.1 Å². The van der Waals surface area contributed by atoms with E-state index in [9.17, 15) is 15.1 Å². The second-order valence-corrected chi connectivity index (χ2v) is 6.94. The molecule has 3 aliphatic rings. The molecule has 3 aliphatic heterocycles. The number of quaternary nitrogens is 1. The first-order valence-electron chi connectivity index (χ1n) is 8.11. The Labute approximate surface area is 134 Å². The molecule has 3 fully saturated rings. The Morgan fingerprint density at radius 1 is 1.35 bits per heavy atom. The fourth-order valence-electron chi connectivity index (χ4n) is 4.25. The number of hydroxylamine groups is 3. The molecule has 1 aromatic carbocycles. The number of rotatable bonds is 4. The van der Waals surface area contributed by atoms with Crippen molar-refractivity contribution in [3.63, 3.8) is 0 Å². The molecule has 0 aliphatic carbocycles. The van der Waals surface area contributed by atoms with E-state index in [-0.39, 0.29) is 41.6 Å². The van der Waals surface area contributed by atoms with Crippen molar-refractivity contribution in [2.24, 2.45) is 0 Å². The Morgan fingerprint density at radius 3 is 2.52 bits per heavy atom. The standard InChI is InChI=1S/C17H21NO5/c1-18(21)13-7-11(8-14(18)16-15(13)23-16)22-17(20)12(9-19)10-5-3-2-4-6-10/h2-6,11-16,19H,7-9H2,1H3/t11-,12-,13-,14+,15-,16+,18?/m1/s1. The molecule has 1 aromatic rings. The average molecular weight is 319 g/mol. The Morgan fingerprint density at radius 2 is 1.96 bits per heavy atom. The van der Waals surface area contributed by atoms with Gasteiger partial charge in [0.15, 0.2) is 0 Å². The molecule has 3 saturated heterocycles. The highest BCUT2D eigenvalue weighted by Gasteiger charge is 2.69. The predicted octanol–water partition coefficient (Wildman–Crippen LogP) is 0.931. The number of nitrogens with zero attached hydrogens (tertiary/aromatic N) is 1. The number of carbonyl (C=O) groups excluding carboxylic acids is 1. The maximum Gasteiger partial charge on any atom is 0.316 e. The summed E-state index contributed by atoms with van der Waals surface area (Å²) in [5, 5.41) is 22.2. The van der Waals surface area contributed by atoms with Crippen molar-refractivity contribution in [1.82, 2.24) is 0 Å². The number of ether oxygens (including phenoxy) is 2. The van der Waals surface area contributed by atoms with Gasteiger partial charge in [-0.2, -0.15) is 0 Å². The molecule has 6 heteroatoms. The van der Waals surface area contributed by atoms with E-state index in [1.165, 1.54) is 0 Å². The summed E-state index contributed by atoms with van der Waals surface area (Å²) in [7, 11) is 1.70. The largest absolute Gasteiger partial charge is 0.632 e. The number of aliphatic hydroxyl groups excluding tert-OH is 1. The number of epoxide rings is 1. The van der Waals surface area contributed by atoms with E-state index in [4.69, 9.17) is 9.47 Å². The molecule has 3 heterocycles. The number of likely N-dealkylation sites (N-methyl/N-ethyl adjacent to an activating group) is 1. The molecule has 0 spiro atoms. The molecule has 6 nitrogen and oxygen atoms in total. The lowest BCUT2D eigenvalue weighted by Crippen LogP contribution is -2.58. The van der Waals surface area contributed by atoms with Crippen LogP contribution >= 0.6 is 0 Å². The molecule has 1 N–H and O–H groups in total. The molecular formula is C17H21NO5. The summed E-state index contributed by atoms with van der Waals surface area (Å²) < 4.78 is 10.9. The zero-order valence-electron chi connectivity index (χ0n) is 13.0. The molecule has 23 heavy (non-hydrogen) atoms. The lowest BCUT2D eigenvalue weighted by atomic mass is 9.97. The average Bonchev–Trinajstić information content (AvgIpc) is 3.27. The summed E-state index contributed by atoms with van der Waals surface area (Å²) in [5.74, 6) is -1.09. The van der Waals surface area contributed by atoms with Gasteiger partial charge in [-0.25, -0.2) is 0 Å². The number of fused-ring (bicyclic) bond motifs is 5. The molecule has 4 rings (SSSR count). The lowest BCUT2D eigenvalue weighted by Gasteiger charge is -2.51. The first-order chi connectivity index (χ1) is 11.0. The summed E-state index contributed by atoms with van der Waals surface area (Å²) in [6.45, 7) is -0.286. The highest BCUT2D eigenvalue weighted by molar-refractivity contribution is 5.78. The second-order valence-electron chi connectivity index (χ2n) is 6.94. The van der Waals surface area contributed by atoms with Crippen molar-refractivity contribution in [2.45, 2.75) is 49.2 Å². The van der Waals surface area contributed by atoms with E-state index in [1.54, 1.807) is 19.2 Å². The van der Waals surface area contributed by atoms with E-state index in [2.05, 4.69) is 0 Å². The van der Waals surface area contributed by atoms with Crippen molar-refractivity contribution >= 4 is 5.97 Å². The van der Waals surface area contributed by atoms with Crippen molar-refractivity contribution in [1.29, 1.82) is 0 Å². The number of esters is 1. The highest BCUT2D eigenvalue weighted by atomic mass is 16.6. The fraction of sp³-hybridized carbons (Fsp3) is 0.588. The maximum atomic E-state index is 12.6. The Hall–Kier alpha value is -1.47. The monoisotopic (exact) mass is 319 g/mol. The van der Waals surface area contributed by atoms with Crippen molar-refractivity contribution < 1.29 is 24.0 Å². The molecule has 0 amide bonds. The van der Waals surface area contributed by atoms with Gasteiger partial charge >= 0.3 is 5.97 Å². The fourth-order valence-corrected chi connectivity index (χ4v) is 4.25. The number of carbonyl (C=O) groups is 1. The summed E-state index contributed by atoms with van der Waals surface area (Å²) in [5.41, 5.74) is 0.745. The summed E-state index contributed by atoms with van der Waals surface area (Å²) in [4.78, 5) is 12.4. The third kappa shape index (κ3) is 2.37. The van der Waals surface area contributed by atoms with E-state index >= 15 is 0 Å². The van der Waals surface area contributed by atoms with Crippen molar-refractivity contribution in [2.75, 3.05) is 13.7 Å². The molecule has 124 valence electrons. The van der Waals surface area contributed by atoms with Crippen LogP contribution in [0.3, 0.4) is 0 Å². The first-order valence-corrected chi connectivity index (χ1v) is 8.11. The lowest BCUT2D eigenvalue weighted by molar-refractivity contribution is -0.911. The van der Waals surface area contributed by atoms with E-state index in [1.807, 2.05) is 18.2 Å². The summed E-state index contributed by atoms with van der Waals surface area (Å²) in [6.07, 6.45) is 0.891. The van der Waals surface area contributed by atoms with Crippen molar-refractivity contribution in [3.8, 4) is 0 Å². The van der Waals surface area contributed by atoms with Crippen LogP contribution in [-0.4, -0.2) is 59.8 Å². The minimum Gasteiger partial charge on any atom is -0.632 e. The summed E-state index contributed by atoms with van der Waals surface area (Å²) in [6, 6.07) is 8.86. The molecule has 2 bridgehead atoms. The second kappa shape index (κ2) is 5.27. The molecule has 0 saturated carbocycles. The number of piperidine rings is 1. The Bertz CT molecular complexity index is 584. The number of hydrogen-bond donors (Lipinski definition) is 1. The van der Waals surface area contributed by atoms with Crippen LogP contribution in [0.2, 0.25) is 0 Å². The van der Waals surface area contributed by atoms with Crippen LogP contribution < -0.4 is 0 Å². The number of aliphatic hydroxyl groups is 1. The SMILES string of the molecule is C[N+]1([O-])[C@@H]2C[C@@H](OC(=O)[C@H](CO)c3ccccc3)C[C@H]1[C@@H]1O[C@@H]12. The van der Waals surface area contributed by atoms with Crippen LogP contribution in [0.25, 0.3) is 0 Å². The van der Waals surface area contributed by atoms with Crippen LogP contribution in [-0.2, 0) is 14.3 Å². The highest BCUT2D eigenvalue weighted by Crippen LogP contribution is 2.52. The van der Waals surface area contributed by atoms with E-state index in [0.717, 1.165) is 5.56 Å². The zero-order valence-corrected chi connectivity index (χ0v) is 13.0. The molecule has 0 aromatic heterocycles. The van der Waals surface area contributed by atoms with Gasteiger partial charge in [-0.3, -0.25) is 4.79 Å². The van der Waals surface area contributed by atoms with Crippen LogP contribution in [0.1, 0.15) is 24.3 Å². The Kier molecular flexibility index (Phi) is 3.46. The third-order valence-corrected chi connectivity index (χ3v) is 5.60. The van der Waals surface area contributed by atoms with Gasteiger partial charge < -0.3 is 24.4 Å². The van der Waals surface area contributed by atoms with Gasteiger partial charge in [-0.15, -0.1) is 0 Å². The minimum atomic E-state index is -0.672. The van der Waals surface area contributed by atoms with Crippen LogP contribution in [0.5, 0.6) is 0 Å². The maximum absolute atomic E-state index is 12.6. The number of hydrogen-bond acceptors (Lipinski definition) is 5. The molecule has 1 unspecified atom stereocenters. The summed E-state index contributed by atoms with van der Waals surface area (Å²) >= 11 is 0. The predicted molar refractivity (Wildman–Crippen MR) is 81.2 cm³/mol. The zero-order chi connectivity index (χ0) is 16.2. The normalized spacial score (nSPS) is 42.0. The Balaban J connectivity index is 1.44. The molecular weight excluding hydrogens is 298 g/mol. The van der Waals surface area contributed by atoms with Gasteiger partial charge in [0, 0.05) is 12.8 Å². The minimum absolute atomic E-state index is 0.0361. The van der Waals surface area contributed by atoms with Crippen LogP contribution in [0.4, 0.5) is 0 Å². The van der Waals surface area contributed by atoms with Gasteiger partial charge in [0.1, 0.15) is 36.3 Å². The number of morpholine rings is 1. The third-order valence-electron chi connectivity index (χ3n) is 5.60. The quantitative estimate of drug-likeness (QED) is 0.386. The van der Waals surface area contributed by atoms with Crippen LogP contribution in [0, 0.1) is 5.21 Å². The molecule has 0 radical (unpaired) electrons. The van der Waals surface area contributed by atoms with Gasteiger partial charge in [-0.05, 0) is 5.56 Å². The van der Waals surface area contributed by atoms with Crippen molar-refractivity contribution in [3.05, 3.63) is 41.1 Å².